The Hall–Kier alpha value is -1.93. The third kappa shape index (κ3) is 2.43. The molecule has 6 nitrogen and oxygen atoms in total. The Morgan fingerprint density at radius 1 is 1.35 bits per heavy atom. The molecule has 2 rings (SSSR count). The van der Waals surface area contributed by atoms with Crippen LogP contribution in [0.2, 0.25) is 0 Å². The van der Waals surface area contributed by atoms with Crippen LogP contribution in [0.25, 0.3) is 0 Å². The number of thiazole rings is 1. The summed E-state index contributed by atoms with van der Waals surface area (Å²) < 4.78 is 0. The topological polar surface area (TPSA) is 111 Å². The van der Waals surface area contributed by atoms with Gasteiger partial charge in [-0.25, -0.2) is 4.98 Å². The third-order valence-corrected chi connectivity index (χ3v) is 3.42. The highest BCUT2D eigenvalue weighted by atomic mass is 32.1. The fraction of sp³-hybridized carbons (Fsp3) is 0. The standard InChI is InChI=1S/C9H8N4O2S2/c10-6(14)4-1-2-16-8(4)13-7(15)5-3-17-9(11)12-5/h1-3H,(H2,10,14)(H2,11,12)(H,13,15). The molecule has 2 heterocycles. The van der Waals surface area contributed by atoms with Gasteiger partial charge in [-0.2, -0.15) is 0 Å². The molecule has 0 spiro atoms. The van der Waals surface area contributed by atoms with Crippen LogP contribution in [0.5, 0.6) is 0 Å². The molecule has 0 bridgehead atoms. The van der Waals surface area contributed by atoms with Crippen molar-refractivity contribution in [3.8, 4) is 0 Å². The Kier molecular flexibility index (Phi) is 3.07. The summed E-state index contributed by atoms with van der Waals surface area (Å²) in [7, 11) is 0. The maximum Gasteiger partial charge on any atom is 0.275 e. The number of aromatic nitrogens is 1. The van der Waals surface area contributed by atoms with Gasteiger partial charge in [-0.1, -0.05) is 0 Å². The van der Waals surface area contributed by atoms with Crippen molar-refractivity contribution < 1.29 is 9.59 Å². The van der Waals surface area contributed by atoms with Crippen molar-refractivity contribution in [2.24, 2.45) is 5.73 Å². The van der Waals surface area contributed by atoms with Crippen LogP contribution in [0.1, 0.15) is 20.8 Å². The van der Waals surface area contributed by atoms with Crippen LogP contribution >= 0.6 is 22.7 Å². The second-order valence-corrected chi connectivity index (χ2v) is 4.86. The van der Waals surface area contributed by atoms with E-state index in [2.05, 4.69) is 10.3 Å². The van der Waals surface area contributed by atoms with Crippen molar-refractivity contribution in [1.29, 1.82) is 0 Å². The van der Waals surface area contributed by atoms with Crippen molar-refractivity contribution in [2.45, 2.75) is 0 Å². The van der Waals surface area contributed by atoms with Gasteiger partial charge in [-0.15, -0.1) is 22.7 Å². The number of amides is 2. The number of hydrogen-bond acceptors (Lipinski definition) is 6. The predicted molar refractivity (Wildman–Crippen MR) is 67.3 cm³/mol. The van der Waals surface area contributed by atoms with E-state index in [1.165, 1.54) is 22.7 Å². The number of nitrogens with zero attached hydrogens (tertiary/aromatic N) is 1. The Morgan fingerprint density at radius 2 is 2.12 bits per heavy atom. The Bertz CT molecular complexity index is 575. The SMILES string of the molecule is NC(=O)c1ccsc1NC(=O)c1csc(N)n1. The van der Waals surface area contributed by atoms with Crippen LogP contribution < -0.4 is 16.8 Å². The molecular formula is C9H8N4O2S2. The first kappa shape index (κ1) is 11.6. The number of anilines is 2. The molecule has 2 amide bonds. The highest BCUT2D eigenvalue weighted by molar-refractivity contribution is 7.15. The van der Waals surface area contributed by atoms with E-state index in [9.17, 15) is 9.59 Å². The van der Waals surface area contributed by atoms with E-state index >= 15 is 0 Å². The van der Waals surface area contributed by atoms with Gasteiger partial charge in [-0.3, -0.25) is 9.59 Å². The van der Waals surface area contributed by atoms with Crippen molar-refractivity contribution >= 4 is 44.6 Å². The fourth-order valence-electron chi connectivity index (χ4n) is 1.16. The first-order chi connectivity index (χ1) is 8.08. The van der Waals surface area contributed by atoms with E-state index in [1.807, 2.05) is 0 Å². The molecule has 0 radical (unpaired) electrons. The van der Waals surface area contributed by atoms with Crippen LogP contribution in [0, 0.1) is 0 Å². The summed E-state index contributed by atoms with van der Waals surface area (Å²) in [4.78, 5) is 26.6. The number of nitrogen functional groups attached to an aromatic ring is 1. The molecule has 0 aliphatic carbocycles. The number of carbonyl (C=O) groups excluding carboxylic acids is 2. The fourth-order valence-corrected chi connectivity index (χ4v) is 2.49. The van der Waals surface area contributed by atoms with Crippen molar-refractivity contribution in [3.63, 3.8) is 0 Å². The molecule has 0 fully saturated rings. The summed E-state index contributed by atoms with van der Waals surface area (Å²) in [6.07, 6.45) is 0. The van der Waals surface area contributed by atoms with E-state index in [4.69, 9.17) is 11.5 Å². The zero-order valence-corrected chi connectivity index (χ0v) is 10.1. The van der Waals surface area contributed by atoms with Crippen LogP contribution in [0.15, 0.2) is 16.8 Å². The zero-order chi connectivity index (χ0) is 12.4. The van der Waals surface area contributed by atoms with Crippen molar-refractivity contribution in [2.75, 3.05) is 11.1 Å². The van der Waals surface area contributed by atoms with Crippen LogP contribution in [-0.2, 0) is 0 Å². The lowest BCUT2D eigenvalue weighted by Gasteiger charge is -2.01. The summed E-state index contributed by atoms with van der Waals surface area (Å²) in [5, 5.41) is 6.51. The number of carbonyl (C=O) groups is 2. The highest BCUT2D eigenvalue weighted by Gasteiger charge is 2.15. The number of nitrogens with one attached hydrogen (secondary N) is 1. The minimum Gasteiger partial charge on any atom is -0.375 e. The third-order valence-electron chi connectivity index (χ3n) is 1.91. The van der Waals surface area contributed by atoms with E-state index < -0.39 is 11.8 Å². The molecule has 0 atom stereocenters. The van der Waals surface area contributed by atoms with E-state index in [-0.39, 0.29) is 11.3 Å². The highest BCUT2D eigenvalue weighted by Crippen LogP contribution is 2.23. The van der Waals surface area contributed by atoms with Gasteiger partial charge in [-0.05, 0) is 11.4 Å². The minimum atomic E-state index is -0.584. The summed E-state index contributed by atoms with van der Waals surface area (Å²) >= 11 is 2.39. The molecule has 0 aromatic carbocycles. The first-order valence-corrected chi connectivity index (χ1v) is 6.23. The number of thiophene rings is 1. The van der Waals surface area contributed by atoms with Gasteiger partial charge in [0.2, 0.25) is 0 Å². The Labute approximate surface area is 104 Å². The molecule has 0 aliphatic heterocycles. The summed E-state index contributed by atoms with van der Waals surface area (Å²) in [5.41, 5.74) is 11.1. The van der Waals surface area contributed by atoms with Gasteiger partial charge >= 0.3 is 0 Å². The lowest BCUT2D eigenvalue weighted by atomic mass is 10.3. The molecule has 2 aromatic rings. The average Bonchev–Trinajstić information content (AvgIpc) is 2.86. The summed E-state index contributed by atoms with van der Waals surface area (Å²) in [5.74, 6) is -0.998. The van der Waals surface area contributed by atoms with Crippen LogP contribution in [-0.4, -0.2) is 16.8 Å². The molecular weight excluding hydrogens is 260 g/mol. The molecule has 0 saturated heterocycles. The minimum absolute atomic E-state index is 0.219. The quantitative estimate of drug-likeness (QED) is 0.774. The lowest BCUT2D eigenvalue weighted by molar-refractivity contribution is 0.100. The normalized spacial score (nSPS) is 10.1. The second kappa shape index (κ2) is 4.52. The van der Waals surface area contributed by atoms with Gasteiger partial charge in [0.1, 0.15) is 10.7 Å². The summed E-state index contributed by atoms with van der Waals surface area (Å²) in [6.45, 7) is 0. The molecule has 8 heteroatoms. The smallest absolute Gasteiger partial charge is 0.275 e. The Morgan fingerprint density at radius 3 is 2.71 bits per heavy atom. The van der Waals surface area contributed by atoms with Crippen molar-refractivity contribution in [1.82, 2.24) is 4.98 Å². The van der Waals surface area contributed by atoms with Gasteiger partial charge in [0.15, 0.2) is 5.13 Å². The zero-order valence-electron chi connectivity index (χ0n) is 8.47. The van der Waals surface area contributed by atoms with Crippen molar-refractivity contribution in [3.05, 3.63) is 28.1 Å². The summed E-state index contributed by atoms with van der Waals surface area (Å²) in [6, 6.07) is 1.55. The molecule has 88 valence electrons. The number of nitrogens with two attached hydrogens (primary N) is 2. The molecule has 2 aromatic heterocycles. The van der Waals surface area contributed by atoms with Crippen LogP contribution in [0.4, 0.5) is 10.1 Å². The van der Waals surface area contributed by atoms with E-state index in [0.29, 0.717) is 10.1 Å². The maximum atomic E-state index is 11.7. The van der Waals surface area contributed by atoms with Gasteiger partial charge in [0.25, 0.3) is 11.8 Å². The molecule has 0 aliphatic rings. The largest absolute Gasteiger partial charge is 0.375 e. The number of primary amides is 1. The van der Waals surface area contributed by atoms with Gasteiger partial charge < -0.3 is 16.8 Å². The lowest BCUT2D eigenvalue weighted by Crippen LogP contribution is -2.16. The average molecular weight is 268 g/mol. The monoisotopic (exact) mass is 268 g/mol. The van der Waals surface area contributed by atoms with E-state index in [0.717, 1.165) is 0 Å². The molecule has 17 heavy (non-hydrogen) atoms. The predicted octanol–water partition coefficient (Wildman–Crippen LogP) is 1.14. The molecule has 5 N–H and O–H groups in total. The maximum absolute atomic E-state index is 11.7. The molecule has 0 saturated carbocycles. The molecule has 0 unspecified atom stereocenters. The second-order valence-electron chi connectivity index (χ2n) is 3.05. The first-order valence-electron chi connectivity index (χ1n) is 4.47. The van der Waals surface area contributed by atoms with Crippen LogP contribution in [0.3, 0.4) is 0 Å². The van der Waals surface area contributed by atoms with E-state index in [1.54, 1.807) is 16.8 Å². The van der Waals surface area contributed by atoms with Gasteiger partial charge in [0, 0.05) is 5.38 Å². The van der Waals surface area contributed by atoms with Gasteiger partial charge in [0.05, 0.1) is 5.56 Å². The number of hydrogen-bond donors (Lipinski definition) is 3. The Balaban J connectivity index is 2.18. The number of rotatable bonds is 3.